The molecule has 0 fully saturated rings. The predicted molar refractivity (Wildman–Crippen MR) is 60.1 cm³/mol. The number of alkyl halides is 2. The number of ether oxygens (including phenoxy) is 1. The van der Waals surface area contributed by atoms with Gasteiger partial charge in [-0.2, -0.15) is 0 Å². The number of hydrogen-bond donors (Lipinski definition) is 0. The summed E-state index contributed by atoms with van der Waals surface area (Å²) in [6.45, 7) is -0.433. The Morgan fingerprint density at radius 3 is 2.87 bits per heavy atom. The maximum Gasteiger partial charge on any atom is 0.135 e. The number of halogens is 2. The average molecular weight is 227 g/mol. The van der Waals surface area contributed by atoms with Gasteiger partial charge in [0.15, 0.2) is 0 Å². The predicted octanol–water partition coefficient (Wildman–Crippen LogP) is 3.02. The summed E-state index contributed by atoms with van der Waals surface area (Å²) in [5.74, 6) is 6.99. The third-order valence-electron chi connectivity index (χ3n) is 1.66. The van der Waals surface area contributed by atoms with Crippen LogP contribution in [0, 0.1) is 11.8 Å². The Bertz CT molecular complexity index is 354. The summed E-state index contributed by atoms with van der Waals surface area (Å²) in [4.78, 5) is 0. The summed E-state index contributed by atoms with van der Waals surface area (Å²) in [6, 6.07) is 7.32. The first kappa shape index (κ1) is 11.9. The first-order chi connectivity index (χ1) is 7.38. The van der Waals surface area contributed by atoms with Gasteiger partial charge >= 0.3 is 0 Å². The molecule has 80 valence electrons. The van der Waals surface area contributed by atoms with Crippen LogP contribution in [0.5, 0.6) is 5.75 Å². The summed E-state index contributed by atoms with van der Waals surface area (Å²) >= 11 is 5.51. The van der Waals surface area contributed by atoms with Crippen molar-refractivity contribution in [3.63, 3.8) is 0 Å². The van der Waals surface area contributed by atoms with Crippen molar-refractivity contribution in [3.8, 4) is 17.6 Å². The Labute approximate surface area is 94.2 Å². The lowest BCUT2D eigenvalue weighted by Gasteiger charge is -2.05. The van der Waals surface area contributed by atoms with Crippen LogP contribution in [0.3, 0.4) is 0 Å². The third-order valence-corrected chi connectivity index (χ3v) is 1.85. The van der Waals surface area contributed by atoms with Gasteiger partial charge in [0.05, 0.1) is 5.56 Å². The largest absolute Gasteiger partial charge is 0.490 e. The Balaban J connectivity index is 2.73. The average Bonchev–Trinajstić information content (AvgIpc) is 2.28. The second-order valence-corrected chi connectivity index (χ2v) is 3.15. The molecular weight excluding hydrogens is 215 g/mol. The minimum absolute atomic E-state index is 0.0637. The van der Waals surface area contributed by atoms with E-state index in [1.165, 1.54) is 0 Å². The minimum atomic E-state index is -0.497. The van der Waals surface area contributed by atoms with Crippen LogP contribution in [0.15, 0.2) is 24.3 Å². The molecule has 0 spiro atoms. The van der Waals surface area contributed by atoms with Gasteiger partial charge in [-0.05, 0) is 12.1 Å². The molecule has 0 aliphatic carbocycles. The molecule has 0 N–H and O–H groups in total. The van der Waals surface area contributed by atoms with E-state index in [9.17, 15) is 4.39 Å². The molecule has 1 nitrogen and oxygen atoms in total. The van der Waals surface area contributed by atoms with Crippen molar-refractivity contribution in [1.82, 2.24) is 0 Å². The molecule has 1 aromatic rings. The highest BCUT2D eigenvalue weighted by Crippen LogP contribution is 2.16. The molecule has 0 radical (unpaired) electrons. The zero-order valence-electron chi connectivity index (χ0n) is 8.30. The van der Waals surface area contributed by atoms with E-state index in [0.29, 0.717) is 18.1 Å². The second-order valence-electron chi connectivity index (χ2n) is 2.77. The number of hydrogen-bond acceptors (Lipinski definition) is 1. The zero-order chi connectivity index (χ0) is 10.9. The second kappa shape index (κ2) is 7.14. The van der Waals surface area contributed by atoms with Crippen LogP contribution in [-0.2, 0) is 0 Å². The van der Waals surface area contributed by atoms with Gasteiger partial charge in [-0.3, -0.25) is 0 Å². The van der Waals surface area contributed by atoms with Gasteiger partial charge in [0.25, 0.3) is 0 Å². The van der Waals surface area contributed by atoms with Crippen molar-refractivity contribution in [2.24, 2.45) is 0 Å². The molecule has 0 amide bonds. The van der Waals surface area contributed by atoms with Crippen LogP contribution in [0.1, 0.15) is 12.0 Å². The first-order valence-electron chi connectivity index (χ1n) is 4.71. The molecule has 1 rings (SSSR count). The van der Waals surface area contributed by atoms with Gasteiger partial charge in [0.1, 0.15) is 19.0 Å². The Hall–Kier alpha value is -1.20. The standard InChI is InChI=1S/C12H12ClFO/c13-8-4-3-6-11-5-1-2-7-12(11)15-10-9-14/h1-2,5,7H,4,8-10H2. The van der Waals surface area contributed by atoms with Gasteiger partial charge in [-0.25, -0.2) is 4.39 Å². The molecule has 1 aromatic carbocycles. The molecule has 0 bridgehead atoms. The topological polar surface area (TPSA) is 9.23 Å². The molecule has 0 aliphatic rings. The summed E-state index contributed by atoms with van der Waals surface area (Å²) in [5.41, 5.74) is 0.774. The molecule has 0 unspecified atom stereocenters. The Morgan fingerprint density at radius 1 is 1.33 bits per heavy atom. The van der Waals surface area contributed by atoms with E-state index in [-0.39, 0.29) is 6.61 Å². The SMILES string of the molecule is FCCOc1ccccc1C#CCCCl. The fraction of sp³-hybridized carbons (Fsp3) is 0.333. The van der Waals surface area contributed by atoms with E-state index in [4.69, 9.17) is 16.3 Å². The minimum Gasteiger partial charge on any atom is -0.490 e. The van der Waals surface area contributed by atoms with Gasteiger partial charge in [-0.1, -0.05) is 24.0 Å². The molecule has 3 heteroatoms. The summed E-state index contributed by atoms with van der Waals surface area (Å²) in [7, 11) is 0. The van der Waals surface area contributed by atoms with E-state index in [1.807, 2.05) is 18.2 Å². The maximum absolute atomic E-state index is 11.9. The van der Waals surface area contributed by atoms with Gasteiger partial charge in [0, 0.05) is 12.3 Å². The van der Waals surface area contributed by atoms with E-state index in [0.717, 1.165) is 5.56 Å². The van der Waals surface area contributed by atoms with Crippen molar-refractivity contribution < 1.29 is 9.13 Å². The molecule has 0 saturated carbocycles. The van der Waals surface area contributed by atoms with Crippen LogP contribution in [-0.4, -0.2) is 19.2 Å². The number of benzene rings is 1. The lowest BCUT2D eigenvalue weighted by Crippen LogP contribution is -2.00. The molecule has 0 heterocycles. The summed E-state index contributed by atoms with van der Waals surface area (Å²) < 4.78 is 17.1. The highest BCUT2D eigenvalue weighted by molar-refractivity contribution is 6.18. The van der Waals surface area contributed by atoms with Crippen LogP contribution in [0.2, 0.25) is 0 Å². The molecule has 0 atom stereocenters. The smallest absolute Gasteiger partial charge is 0.135 e. The highest BCUT2D eigenvalue weighted by Gasteiger charge is 1.98. The molecule has 15 heavy (non-hydrogen) atoms. The van der Waals surface area contributed by atoms with Gasteiger partial charge in [-0.15, -0.1) is 11.6 Å². The molecule has 0 saturated heterocycles. The number of para-hydroxylation sites is 1. The van der Waals surface area contributed by atoms with Crippen molar-refractivity contribution >= 4 is 11.6 Å². The lowest BCUT2D eigenvalue weighted by molar-refractivity contribution is 0.272. The van der Waals surface area contributed by atoms with Crippen LogP contribution in [0.25, 0.3) is 0 Å². The summed E-state index contributed by atoms with van der Waals surface area (Å²) in [6.07, 6.45) is 0.638. The molecular formula is C12H12ClFO. The maximum atomic E-state index is 11.9. The van der Waals surface area contributed by atoms with Crippen molar-refractivity contribution in [1.29, 1.82) is 0 Å². The number of rotatable bonds is 4. The van der Waals surface area contributed by atoms with Crippen molar-refractivity contribution in [3.05, 3.63) is 29.8 Å². The van der Waals surface area contributed by atoms with E-state index in [1.54, 1.807) is 6.07 Å². The summed E-state index contributed by atoms with van der Waals surface area (Å²) in [5, 5.41) is 0. The third kappa shape index (κ3) is 4.22. The Morgan fingerprint density at radius 2 is 2.13 bits per heavy atom. The van der Waals surface area contributed by atoms with E-state index in [2.05, 4.69) is 11.8 Å². The van der Waals surface area contributed by atoms with E-state index < -0.39 is 6.67 Å². The highest BCUT2D eigenvalue weighted by atomic mass is 35.5. The first-order valence-corrected chi connectivity index (χ1v) is 5.24. The zero-order valence-corrected chi connectivity index (χ0v) is 9.06. The van der Waals surface area contributed by atoms with Gasteiger partial charge < -0.3 is 4.74 Å². The monoisotopic (exact) mass is 226 g/mol. The van der Waals surface area contributed by atoms with Crippen molar-refractivity contribution in [2.75, 3.05) is 19.2 Å². The molecule has 0 aliphatic heterocycles. The van der Waals surface area contributed by atoms with E-state index >= 15 is 0 Å². The molecule has 0 aromatic heterocycles. The fourth-order valence-corrected chi connectivity index (χ4v) is 1.14. The van der Waals surface area contributed by atoms with Gasteiger partial charge in [0.2, 0.25) is 0 Å². The Kier molecular flexibility index (Phi) is 5.65. The normalized spacial score (nSPS) is 9.20. The lowest BCUT2D eigenvalue weighted by atomic mass is 10.2. The fourth-order valence-electron chi connectivity index (χ4n) is 1.05. The van der Waals surface area contributed by atoms with Crippen LogP contribution in [0.4, 0.5) is 4.39 Å². The van der Waals surface area contributed by atoms with Crippen LogP contribution >= 0.6 is 11.6 Å². The quantitative estimate of drug-likeness (QED) is 0.567. The van der Waals surface area contributed by atoms with Crippen molar-refractivity contribution in [2.45, 2.75) is 6.42 Å². The van der Waals surface area contributed by atoms with Crippen LogP contribution < -0.4 is 4.74 Å².